The van der Waals surface area contributed by atoms with Gasteiger partial charge in [0.25, 0.3) is 0 Å². The first-order valence-corrected chi connectivity index (χ1v) is 6.33. The minimum absolute atomic E-state index is 0.270. The highest BCUT2D eigenvalue weighted by Crippen LogP contribution is 2.31. The van der Waals surface area contributed by atoms with Crippen LogP contribution in [0.2, 0.25) is 0 Å². The summed E-state index contributed by atoms with van der Waals surface area (Å²) in [5.74, 6) is 0.403. The van der Waals surface area contributed by atoms with Gasteiger partial charge in [0.05, 0.1) is 0 Å². The molecule has 1 N–H and O–H groups in total. The first kappa shape index (κ1) is 14.0. The molecule has 2 nitrogen and oxygen atoms in total. The van der Waals surface area contributed by atoms with E-state index in [0.29, 0.717) is 5.75 Å². The number of phenols is 1. The lowest BCUT2D eigenvalue weighted by Gasteiger charge is -2.33. The smallest absolute Gasteiger partial charge is 0.120 e. The summed E-state index contributed by atoms with van der Waals surface area (Å²) in [6.07, 6.45) is 1.00. The van der Waals surface area contributed by atoms with Crippen molar-refractivity contribution in [1.82, 2.24) is 4.90 Å². The van der Waals surface area contributed by atoms with Crippen LogP contribution in [-0.4, -0.2) is 23.6 Å². The lowest BCUT2D eigenvalue weighted by atomic mass is 9.93. The molecule has 0 amide bonds. The fraction of sp³-hybridized carbons (Fsp3) is 0.600. The van der Waals surface area contributed by atoms with Crippen molar-refractivity contribution < 1.29 is 5.11 Å². The van der Waals surface area contributed by atoms with E-state index < -0.39 is 0 Å². The number of hydrogen-bond acceptors (Lipinski definition) is 2. The monoisotopic (exact) mass is 235 g/mol. The molecule has 0 spiro atoms. The van der Waals surface area contributed by atoms with Crippen LogP contribution in [-0.2, 0) is 0 Å². The molecular weight excluding hydrogens is 210 g/mol. The van der Waals surface area contributed by atoms with Crippen LogP contribution >= 0.6 is 0 Å². The SMILES string of the molecule is CCC(c1ccccc1O)N(C)CC(C)(C)C. The number of para-hydroxylation sites is 1. The van der Waals surface area contributed by atoms with Crippen molar-refractivity contribution in [2.75, 3.05) is 13.6 Å². The number of aromatic hydroxyl groups is 1. The molecule has 96 valence electrons. The van der Waals surface area contributed by atoms with Crippen molar-refractivity contribution in [3.8, 4) is 5.75 Å². The second-order valence-electron chi connectivity index (χ2n) is 5.96. The average molecular weight is 235 g/mol. The van der Waals surface area contributed by atoms with Gasteiger partial charge in [-0.25, -0.2) is 0 Å². The summed E-state index contributed by atoms with van der Waals surface area (Å²) in [7, 11) is 2.13. The maximum atomic E-state index is 9.93. The Morgan fingerprint density at radius 3 is 2.29 bits per heavy atom. The van der Waals surface area contributed by atoms with E-state index in [1.807, 2.05) is 18.2 Å². The topological polar surface area (TPSA) is 23.5 Å². The van der Waals surface area contributed by atoms with Crippen LogP contribution in [0.1, 0.15) is 45.7 Å². The molecule has 0 aliphatic rings. The van der Waals surface area contributed by atoms with E-state index in [2.05, 4.69) is 39.6 Å². The Labute approximate surface area is 105 Å². The van der Waals surface area contributed by atoms with Crippen molar-refractivity contribution in [3.63, 3.8) is 0 Å². The Balaban J connectivity index is 2.89. The first-order chi connectivity index (χ1) is 7.85. The summed E-state index contributed by atoms with van der Waals surface area (Å²) in [5, 5.41) is 9.93. The lowest BCUT2D eigenvalue weighted by molar-refractivity contribution is 0.166. The lowest BCUT2D eigenvalue weighted by Crippen LogP contribution is -2.32. The van der Waals surface area contributed by atoms with Crippen LogP contribution in [0.15, 0.2) is 24.3 Å². The van der Waals surface area contributed by atoms with E-state index >= 15 is 0 Å². The van der Waals surface area contributed by atoms with Crippen molar-refractivity contribution in [1.29, 1.82) is 0 Å². The highest BCUT2D eigenvalue weighted by molar-refractivity contribution is 5.34. The van der Waals surface area contributed by atoms with Crippen molar-refractivity contribution in [2.45, 2.75) is 40.2 Å². The van der Waals surface area contributed by atoms with Crippen LogP contribution < -0.4 is 0 Å². The largest absolute Gasteiger partial charge is 0.508 e. The normalized spacial score (nSPS) is 14.0. The minimum Gasteiger partial charge on any atom is -0.508 e. The molecule has 1 unspecified atom stereocenters. The number of phenolic OH excluding ortho intramolecular Hbond substituents is 1. The molecule has 0 aliphatic carbocycles. The first-order valence-electron chi connectivity index (χ1n) is 6.33. The summed E-state index contributed by atoms with van der Waals surface area (Å²) >= 11 is 0. The van der Waals surface area contributed by atoms with E-state index in [1.165, 1.54) is 0 Å². The van der Waals surface area contributed by atoms with E-state index in [0.717, 1.165) is 18.5 Å². The van der Waals surface area contributed by atoms with Gasteiger partial charge in [-0.15, -0.1) is 0 Å². The van der Waals surface area contributed by atoms with Crippen molar-refractivity contribution >= 4 is 0 Å². The van der Waals surface area contributed by atoms with Crippen LogP contribution in [0.5, 0.6) is 5.75 Å². The molecule has 0 aliphatic heterocycles. The minimum atomic E-state index is 0.270. The number of nitrogens with zero attached hydrogens (tertiary/aromatic N) is 1. The Morgan fingerprint density at radius 1 is 1.24 bits per heavy atom. The maximum Gasteiger partial charge on any atom is 0.120 e. The molecule has 1 aromatic rings. The summed E-state index contributed by atoms with van der Waals surface area (Å²) in [5.41, 5.74) is 1.30. The Hall–Kier alpha value is -1.02. The molecule has 1 atom stereocenters. The molecule has 1 aromatic carbocycles. The number of benzene rings is 1. The summed E-state index contributed by atoms with van der Waals surface area (Å²) in [6, 6.07) is 7.93. The van der Waals surface area contributed by atoms with Gasteiger partial charge in [-0.3, -0.25) is 4.90 Å². The molecule has 1 rings (SSSR count). The van der Waals surface area contributed by atoms with E-state index in [9.17, 15) is 5.11 Å². The summed E-state index contributed by atoms with van der Waals surface area (Å²) in [6.45, 7) is 9.89. The van der Waals surface area contributed by atoms with E-state index in [1.54, 1.807) is 6.07 Å². The second kappa shape index (κ2) is 5.54. The van der Waals surface area contributed by atoms with Gasteiger partial charge in [0.1, 0.15) is 5.75 Å². The van der Waals surface area contributed by atoms with Crippen LogP contribution in [0.25, 0.3) is 0 Å². The molecule has 0 saturated carbocycles. The van der Waals surface area contributed by atoms with E-state index in [-0.39, 0.29) is 11.5 Å². The van der Waals surface area contributed by atoms with Gasteiger partial charge in [-0.1, -0.05) is 45.9 Å². The highest BCUT2D eigenvalue weighted by atomic mass is 16.3. The third kappa shape index (κ3) is 4.04. The van der Waals surface area contributed by atoms with Crippen LogP contribution in [0, 0.1) is 5.41 Å². The third-order valence-electron chi connectivity index (χ3n) is 2.94. The average Bonchev–Trinajstić information content (AvgIpc) is 2.19. The summed E-state index contributed by atoms with van der Waals surface area (Å²) in [4.78, 5) is 2.33. The molecule has 0 fully saturated rings. The predicted molar refractivity (Wildman–Crippen MR) is 73.2 cm³/mol. The zero-order valence-corrected chi connectivity index (χ0v) is 11.7. The van der Waals surface area contributed by atoms with Gasteiger partial charge in [-0.05, 0) is 24.9 Å². The number of hydrogen-bond donors (Lipinski definition) is 1. The fourth-order valence-electron chi connectivity index (χ4n) is 2.40. The molecule has 0 saturated heterocycles. The van der Waals surface area contributed by atoms with Gasteiger partial charge >= 0.3 is 0 Å². The van der Waals surface area contributed by atoms with Gasteiger partial charge in [0.15, 0.2) is 0 Å². The molecule has 0 heterocycles. The van der Waals surface area contributed by atoms with Gasteiger partial charge in [0.2, 0.25) is 0 Å². The Bertz CT molecular complexity index is 354. The zero-order chi connectivity index (χ0) is 13.1. The van der Waals surface area contributed by atoms with Gasteiger partial charge < -0.3 is 5.11 Å². The van der Waals surface area contributed by atoms with Crippen molar-refractivity contribution in [2.24, 2.45) is 5.41 Å². The predicted octanol–water partition coefficient (Wildman–Crippen LogP) is 3.82. The molecule has 2 heteroatoms. The molecule has 17 heavy (non-hydrogen) atoms. The highest BCUT2D eigenvalue weighted by Gasteiger charge is 2.22. The number of rotatable bonds is 4. The molecule has 0 radical (unpaired) electrons. The molecule has 0 bridgehead atoms. The van der Waals surface area contributed by atoms with Crippen molar-refractivity contribution in [3.05, 3.63) is 29.8 Å². The zero-order valence-electron chi connectivity index (χ0n) is 11.7. The van der Waals surface area contributed by atoms with Gasteiger partial charge in [-0.2, -0.15) is 0 Å². The third-order valence-corrected chi connectivity index (χ3v) is 2.94. The summed E-state index contributed by atoms with van der Waals surface area (Å²) < 4.78 is 0. The molecule has 0 aromatic heterocycles. The van der Waals surface area contributed by atoms with Gasteiger partial charge in [0, 0.05) is 18.2 Å². The quantitative estimate of drug-likeness (QED) is 0.857. The second-order valence-corrected chi connectivity index (χ2v) is 5.96. The Kier molecular flexibility index (Phi) is 4.58. The van der Waals surface area contributed by atoms with Crippen LogP contribution in [0.4, 0.5) is 0 Å². The Morgan fingerprint density at radius 2 is 1.82 bits per heavy atom. The molecular formula is C15H25NO. The standard InChI is InChI=1S/C15H25NO/c1-6-13(16(5)11-15(2,3)4)12-9-7-8-10-14(12)17/h7-10,13,17H,6,11H2,1-5H3. The maximum absolute atomic E-state index is 9.93. The fourth-order valence-corrected chi connectivity index (χ4v) is 2.40. The van der Waals surface area contributed by atoms with Crippen LogP contribution in [0.3, 0.4) is 0 Å². The van der Waals surface area contributed by atoms with E-state index in [4.69, 9.17) is 0 Å².